The Hall–Kier alpha value is -2.35. The molecule has 1 heterocycles. The number of benzene rings is 2. The first-order valence-corrected chi connectivity index (χ1v) is 10.6. The Kier molecular flexibility index (Phi) is 7.18. The molecule has 0 saturated carbocycles. The normalized spacial score (nSPS) is 13.7. The van der Waals surface area contributed by atoms with E-state index in [9.17, 15) is 9.59 Å². The van der Waals surface area contributed by atoms with Gasteiger partial charge in [0, 0.05) is 38.8 Å². The number of hydrogen-bond donors (Lipinski definition) is 2. The smallest absolute Gasteiger partial charge is 0.258 e. The minimum absolute atomic E-state index is 0.0859. The van der Waals surface area contributed by atoms with Crippen molar-refractivity contribution in [1.82, 2.24) is 10.2 Å². The van der Waals surface area contributed by atoms with Gasteiger partial charge in [0.15, 0.2) is 5.11 Å². The lowest BCUT2D eigenvalue weighted by Gasteiger charge is -2.36. The maximum atomic E-state index is 12.4. The Morgan fingerprint density at radius 1 is 1.00 bits per heavy atom. The first kappa shape index (κ1) is 22.3. The summed E-state index contributed by atoms with van der Waals surface area (Å²) >= 11 is 17.9. The fourth-order valence-corrected chi connectivity index (χ4v) is 4.07. The molecule has 0 unspecified atom stereocenters. The average molecular weight is 465 g/mol. The molecule has 3 rings (SSSR count). The van der Waals surface area contributed by atoms with Crippen LogP contribution in [0.25, 0.3) is 0 Å². The number of anilines is 2. The van der Waals surface area contributed by atoms with Gasteiger partial charge in [0.05, 0.1) is 21.3 Å². The van der Waals surface area contributed by atoms with Gasteiger partial charge < -0.3 is 15.1 Å². The zero-order valence-corrected chi connectivity index (χ0v) is 19.0. The maximum Gasteiger partial charge on any atom is 0.258 e. The Balaban J connectivity index is 1.60. The van der Waals surface area contributed by atoms with Gasteiger partial charge in [0.25, 0.3) is 5.91 Å². The van der Waals surface area contributed by atoms with E-state index in [4.69, 9.17) is 35.4 Å². The molecule has 0 radical (unpaired) electrons. The molecule has 0 atom stereocenters. The molecule has 2 aromatic carbocycles. The third kappa shape index (κ3) is 5.41. The van der Waals surface area contributed by atoms with E-state index in [1.807, 2.05) is 30.0 Å². The van der Waals surface area contributed by atoms with Crippen LogP contribution in [0.2, 0.25) is 10.0 Å². The van der Waals surface area contributed by atoms with Crippen LogP contribution in [0, 0.1) is 6.92 Å². The number of hydrogen-bond acceptors (Lipinski definition) is 4. The minimum atomic E-state index is -0.386. The van der Waals surface area contributed by atoms with Crippen LogP contribution in [-0.4, -0.2) is 48.0 Å². The quantitative estimate of drug-likeness (QED) is 0.669. The molecule has 2 N–H and O–H groups in total. The van der Waals surface area contributed by atoms with E-state index in [1.54, 1.807) is 25.1 Å². The number of aryl methyl sites for hydroxylation is 1. The molecule has 0 spiro atoms. The fraction of sp³-hybridized carbons (Fsp3) is 0.286. The van der Waals surface area contributed by atoms with Crippen LogP contribution in [0.4, 0.5) is 11.4 Å². The topological polar surface area (TPSA) is 64.7 Å². The third-order valence-electron chi connectivity index (χ3n) is 4.87. The summed E-state index contributed by atoms with van der Waals surface area (Å²) in [6.45, 7) is 6.26. The average Bonchev–Trinajstić information content (AvgIpc) is 2.68. The Bertz CT molecular complexity index is 991. The van der Waals surface area contributed by atoms with Crippen molar-refractivity contribution in [2.45, 2.75) is 13.8 Å². The number of nitrogens with zero attached hydrogens (tertiary/aromatic N) is 2. The summed E-state index contributed by atoms with van der Waals surface area (Å²) in [6, 6.07) is 10.7. The molecule has 1 fully saturated rings. The van der Waals surface area contributed by atoms with Gasteiger partial charge in [-0.2, -0.15) is 0 Å². The van der Waals surface area contributed by atoms with Gasteiger partial charge in [0.2, 0.25) is 5.91 Å². The molecule has 1 aliphatic heterocycles. The maximum absolute atomic E-state index is 12.4. The van der Waals surface area contributed by atoms with E-state index in [-0.39, 0.29) is 16.9 Å². The summed E-state index contributed by atoms with van der Waals surface area (Å²) in [7, 11) is 0. The van der Waals surface area contributed by atoms with Gasteiger partial charge in [0.1, 0.15) is 0 Å². The van der Waals surface area contributed by atoms with Crippen LogP contribution in [0.5, 0.6) is 0 Å². The van der Waals surface area contributed by atoms with Crippen molar-refractivity contribution in [1.29, 1.82) is 0 Å². The van der Waals surface area contributed by atoms with Gasteiger partial charge in [-0.15, -0.1) is 0 Å². The Morgan fingerprint density at radius 2 is 1.70 bits per heavy atom. The summed E-state index contributed by atoms with van der Waals surface area (Å²) in [6.07, 6.45) is 0. The number of nitrogens with one attached hydrogen (secondary N) is 2. The van der Waals surface area contributed by atoms with E-state index in [0.29, 0.717) is 34.4 Å². The second-order valence-corrected chi connectivity index (χ2v) is 8.27. The van der Waals surface area contributed by atoms with Crippen LogP contribution in [-0.2, 0) is 4.79 Å². The molecule has 2 amide bonds. The second-order valence-electron chi connectivity index (χ2n) is 7.05. The van der Waals surface area contributed by atoms with E-state index >= 15 is 0 Å². The number of rotatable bonds is 3. The highest BCUT2D eigenvalue weighted by Gasteiger charge is 2.20. The molecule has 30 heavy (non-hydrogen) atoms. The van der Waals surface area contributed by atoms with Crippen molar-refractivity contribution in [2.75, 3.05) is 36.4 Å². The van der Waals surface area contributed by atoms with Crippen LogP contribution < -0.4 is 15.5 Å². The van der Waals surface area contributed by atoms with Crippen molar-refractivity contribution >= 4 is 63.7 Å². The number of carbonyl (C=O) groups excluding carboxylic acids is 2. The second kappa shape index (κ2) is 9.64. The predicted octanol–water partition coefficient (Wildman–Crippen LogP) is 4.10. The van der Waals surface area contributed by atoms with Crippen LogP contribution >= 0.6 is 35.4 Å². The van der Waals surface area contributed by atoms with Crippen molar-refractivity contribution in [3.63, 3.8) is 0 Å². The summed E-state index contributed by atoms with van der Waals surface area (Å²) < 4.78 is 0. The molecule has 0 aromatic heterocycles. The van der Waals surface area contributed by atoms with Gasteiger partial charge in [-0.25, -0.2) is 0 Å². The SMILES string of the molecule is CC(=O)N1CCN(c2ccc(NC(=S)NC(=O)c3ccc(C)cc3Cl)cc2Cl)CC1. The number of carbonyl (C=O) groups is 2. The molecule has 9 heteroatoms. The number of amides is 2. The molecule has 0 bridgehead atoms. The van der Waals surface area contributed by atoms with E-state index < -0.39 is 0 Å². The zero-order valence-electron chi connectivity index (χ0n) is 16.7. The lowest BCUT2D eigenvalue weighted by molar-refractivity contribution is -0.129. The number of thiocarbonyl (C=S) groups is 1. The summed E-state index contributed by atoms with van der Waals surface area (Å²) in [4.78, 5) is 27.8. The monoisotopic (exact) mass is 464 g/mol. The molecule has 1 aliphatic rings. The first-order chi connectivity index (χ1) is 14.2. The van der Waals surface area contributed by atoms with E-state index in [1.165, 1.54) is 0 Å². The largest absolute Gasteiger partial charge is 0.367 e. The standard InChI is InChI=1S/C21H22Cl2N4O2S/c1-13-3-5-16(17(22)11-13)20(29)25-21(30)24-15-4-6-19(18(23)12-15)27-9-7-26(8-10-27)14(2)28/h3-6,11-12H,7-10H2,1-2H3,(H2,24,25,29,30). The number of piperazine rings is 1. The van der Waals surface area contributed by atoms with Gasteiger partial charge in [-0.3, -0.25) is 14.9 Å². The van der Waals surface area contributed by atoms with Crippen LogP contribution in [0.1, 0.15) is 22.8 Å². The van der Waals surface area contributed by atoms with Gasteiger partial charge in [-0.05, 0) is 55.0 Å². The minimum Gasteiger partial charge on any atom is -0.367 e. The van der Waals surface area contributed by atoms with Crippen LogP contribution in [0.3, 0.4) is 0 Å². The Morgan fingerprint density at radius 3 is 2.30 bits per heavy atom. The molecule has 2 aromatic rings. The fourth-order valence-electron chi connectivity index (χ4n) is 3.24. The summed E-state index contributed by atoms with van der Waals surface area (Å²) in [5, 5.41) is 6.67. The lowest BCUT2D eigenvalue weighted by Crippen LogP contribution is -2.48. The molecule has 0 aliphatic carbocycles. The summed E-state index contributed by atoms with van der Waals surface area (Å²) in [5.74, 6) is -0.300. The highest BCUT2D eigenvalue weighted by atomic mass is 35.5. The zero-order chi connectivity index (χ0) is 21.8. The molecule has 6 nitrogen and oxygen atoms in total. The van der Waals surface area contributed by atoms with Crippen molar-refractivity contribution in [2.24, 2.45) is 0 Å². The lowest BCUT2D eigenvalue weighted by atomic mass is 10.1. The van der Waals surface area contributed by atoms with Gasteiger partial charge in [-0.1, -0.05) is 29.3 Å². The highest BCUT2D eigenvalue weighted by molar-refractivity contribution is 7.80. The first-order valence-electron chi connectivity index (χ1n) is 9.43. The molecular formula is C21H22Cl2N4O2S. The van der Waals surface area contributed by atoms with Crippen molar-refractivity contribution < 1.29 is 9.59 Å². The third-order valence-corrected chi connectivity index (χ3v) is 5.69. The summed E-state index contributed by atoms with van der Waals surface area (Å²) in [5.41, 5.74) is 2.87. The van der Waals surface area contributed by atoms with E-state index in [2.05, 4.69) is 15.5 Å². The molecule has 1 saturated heterocycles. The van der Waals surface area contributed by atoms with Gasteiger partial charge >= 0.3 is 0 Å². The van der Waals surface area contributed by atoms with Crippen molar-refractivity contribution in [3.8, 4) is 0 Å². The van der Waals surface area contributed by atoms with Crippen molar-refractivity contribution in [3.05, 3.63) is 57.6 Å². The predicted molar refractivity (Wildman–Crippen MR) is 126 cm³/mol. The number of halogens is 2. The Labute approximate surface area is 191 Å². The highest BCUT2D eigenvalue weighted by Crippen LogP contribution is 2.29. The molecular weight excluding hydrogens is 443 g/mol. The van der Waals surface area contributed by atoms with E-state index in [0.717, 1.165) is 24.3 Å². The van der Waals surface area contributed by atoms with Crippen LogP contribution in [0.15, 0.2) is 36.4 Å². The molecule has 158 valence electrons.